The molecule has 3 atom stereocenters. The van der Waals surface area contributed by atoms with E-state index in [9.17, 15) is 0 Å². The molecule has 0 amide bonds. The lowest BCUT2D eigenvalue weighted by molar-refractivity contribution is 0.153. The second kappa shape index (κ2) is 4.43. The minimum absolute atomic E-state index is 0.233. The molecule has 0 heterocycles. The summed E-state index contributed by atoms with van der Waals surface area (Å²) in [5.74, 6) is 0.845. The van der Waals surface area contributed by atoms with Crippen LogP contribution >= 0.6 is 0 Å². The van der Waals surface area contributed by atoms with Crippen LogP contribution in [-0.4, -0.2) is 17.8 Å². The number of nitrogens with two attached hydrogens (primary N) is 1. The van der Waals surface area contributed by atoms with E-state index in [4.69, 9.17) is 10.8 Å². The van der Waals surface area contributed by atoms with Crippen molar-refractivity contribution < 1.29 is 5.11 Å². The van der Waals surface area contributed by atoms with Crippen molar-refractivity contribution in [3.05, 3.63) is 0 Å². The molecule has 2 nitrogen and oxygen atoms in total. The van der Waals surface area contributed by atoms with Gasteiger partial charge >= 0.3 is 0 Å². The summed E-state index contributed by atoms with van der Waals surface area (Å²) >= 11 is 0. The molecule has 13 heavy (non-hydrogen) atoms. The second-order valence-corrected chi connectivity index (χ2v) is 4.64. The molecule has 0 radical (unpaired) electrons. The molecular formula is C11H23NO. The van der Waals surface area contributed by atoms with E-state index in [0.717, 1.165) is 12.3 Å². The fourth-order valence-electron chi connectivity index (χ4n) is 2.71. The fraction of sp³-hybridized carbons (Fsp3) is 1.00. The first-order chi connectivity index (χ1) is 6.14. The van der Waals surface area contributed by atoms with E-state index in [0.29, 0.717) is 0 Å². The van der Waals surface area contributed by atoms with Gasteiger partial charge in [0.15, 0.2) is 0 Å². The first-order valence-corrected chi connectivity index (χ1v) is 5.51. The van der Waals surface area contributed by atoms with Crippen LogP contribution in [0.2, 0.25) is 0 Å². The highest BCUT2D eigenvalue weighted by atomic mass is 16.3. The lowest BCUT2D eigenvalue weighted by Gasteiger charge is -2.33. The van der Waals surface area contributed by atoms with E-state index >= 15 is 0 Å². The Bertz CT molecular complexity index is 158. The Morgan fingerprint density at radius 2 is 2.31 bits per heavy atom. The summed E-state index contributed by atoms with van der Waals surface area (Å²) in [6.45, 7) is 4.63. The minimum Gasteiger partial charge on any atom is -0.396 e. The van der Waals surface area contributed by atoms with Crippen molar-refractivity contribution in [2.24, 2.45) is 17.1 Å². The SMILES string of the molecule is CCC1CCC(CCO)(C(C)N)C1. The molecule has 0 bridgehead atoms. The highest BCUT2D eigenvalue weighted by molar-refractivity contribution is 4.93. The van der Waals surface area contributed by atoms with Crippen molar-refractivity contribution in [2.45, 2.75) is 52.0 Å². The molecule has 1 fully saturated rings. The van der Waals surface area contributed by atoms with Gasteiger partial charge in [0.1, 0.15) is 0 Å². The number of aliphatic hydroxyl groups excluding tert-OH is 1. The molecule has 0 aromatic carbocycles. The molecule has 0 spiro atoms. The summed E-state index contributed by atoms with van der Waals surface area (Å²) in [4.78, 5) is 0. The lowest BCUT2D eigenvalue weighted by atomic mass is 9.76. The van der Waals surface area contributed by atoms with E-state index in [-0.39, 0.29) is 18.1 Å². The van der Waals surface area contributed by atoms with Crippen molar-refractivity contribution in [1.29, 1.82) is 0 Å². The summed E-state index contributed by atoms with van der Waals surface area (Å²) in [6, 6.07) is 0.233. The largest absolute Gasteiger partial charge is 0.396 e. The Morgan fingerprint density at radius 1 is 1.62 bits per heavy atom. The Balaban J connectivity index is 2.60. The number of hydrogen-bond acceptors (Lipinski definition) is 2. The van der Waals surface area contributed by atoms with Gasteiger partial charge in [-0.2, -0.15) is 0 Å². The molecular weight excluding hydrogens is 162 g/mol. The van der Waals surface area contributed by atoms with Crippen LogP contribution in [0.25, 0.3) is 0 Å². The van der Waals surface area contributed by atoms with E-state index in [1.807, 2.05) is 0 Å². The van der Waals surface area contributed by atoms with Gasteiger partial charge in [-0.25, -0.2) is 0 Å². The van der Waals surface area contributed by atoms with Crippen molar-refractivity contribution in [3.8, 4) is 0 Å². The predicted molar refractivity (Wildman–Crippen MR) is 55.4 cm³/mol. The quantitative estimate of drug-likeness (QED) is 0.703. The Kier molecular flexibility index (Phi) is 3.74. The highest BCUT2D eigenvalue weighted by Gasteiger charge is 2.40. The zero-order valence-electron chi connectivity index (χ0n) is 8.92. The Morgan fingerprint density at radius 3 is 2.69 bits per heavy atom. The van der Waals surface area contributed by atoms with Crippen LogP contribution in [0.5, 0.6) is 0 Å². The monoisotopic (exact) mass is 185 g/mol. The maximum atomic E-state index is 9.04. The Labute approximate surface area is 81.5 Å². The molecule has 0 aromatic heterocycles. The van der Waals surface area contributed by atoms with Gasteiger partial charge in [-0.1, -0.05) is 13.3 Å². The van der Waals surface area contributed by atoms with Gasteiger partial charge in [-0.05, 0) is 43.9 Å². The third-order valence-electron chi connectivity index (χ3n) is 3.90. The molecule has 1 rings (SSSR count). The number of rotatable bonds is 4. The van der Waals surface area contributed by atoms with Gasteiger partial charge < -0.3 is 10.8 Å². The van der Waals surface area contributed by atoms with Crippen molar-refractivity contribution in [3.63, 3.8) is 0 Å². The average Bonchev–Trinajstić information content (AvgIpc) is 2.50. The molecule has 3 unspecified atom stereocenters. The smallest absolute Gasteiger partial charge is 0.0436 e. The maximum Gasteiger partial charge on any atom is 0.0436 e. The molecule has 1 aliphatic rings. The third kappa shape index (κ3) is 2.23. The topological polar surface area (TPSA) is 46.2 Å². The van der Waals surface area contributed by atoms with Crippen LogP contribution in [0, 0.1) is 11.3 Å². The van der Waals surface area contributed by atoms with Crippen molar-refractivity contribution in [2.75, 3.05) is 6.61 Å². The normalized spacial score (nSPS) is 36.5. The van der Waals surface area contributed by atoms with Crippen LogP contribution in [0.4, 0.5) is 0 Å². The van der Waals surface area contributed by atoms with Gasteiger partial charge in [-0.15, -0.1) is 0 Å². The number of aliphatic hydroxyl groups is 1. The molecule has 0 saturated heterocycles. The molecule has 78 valence electrons. The summed E-state index contributed by atoms with van der Waals surface area (Å²) in [7, 11) is 0. The maximum absolute atomic E-state index is 9.04. The summed E-state index contributed by atoms with van der Waals surface area (Å²) in [5.41, 5.74) is 6.27. The highest BCUT2D eigenvalue weighted by Crippen LogP contribution is 2.47. The Hall–Kier alpha value is -0.0800. The van der Waals surface area contributed by atoms with E-state index in [1.54, 1.807) is 0 Å². The fourth-order valence-corrected chi connectivity index (χ4v) is 2.71. The molecule has 1 saturated carbocycles. The van der Waals surface area contributed by atoms with Gasteiger partial charge in [0.25, 0.3) is 0 Å². The van der Waals surface area contributed by atoms with Crippen LogP contribution in [0.3, 0.4) is 0 Å². The van der Waals surface area contributed by atoms with Gasteiger partial charge in [0.05, 0.1) is 0 Å². The van der Waals surface area contributed by atoms with Crippen LogP contribution in [0.15, 0.2) is 0 Å². The first kappa shape index (κ1) is 11.0. The zero-order chi connectivity index (χ0) is 9.90. The minimum atomic E-state index is 0.233. The third-order valence-corrected chi connectivity index (χ3v) is 3.90. The van der Waals surface area contributed by atoms with Crippen LogP contribution in [-0.2, 0) is 0 Å². The van der Waals surface area contributed by atoms with Crippen LogP contribution < -0.4 is 5.73 Å². The van der Waals surface area contributed by atoms with Crippen molar-refractivity contribution in [1.82, 2.24) is 0 Å². The van der Waals surface area contributed by atoms with Gasteiger partial charge in [0, 0.05) is 12.6 Å². The van der Waals surface area contributed by atoms with E-state index < -0.39 is 0 Å². The molecule has 1 aliphatic carbocycles. The van der Waals surface area contributed by atoms with Gasteiger partial charge in [0.2, 0.25) is 0 Å². The summed E-state index contributed by atoms with van der Waals surface area (Å²) < 4.78 is 0. The van der Waals surface area contributed by atoms with E-state index in [2.05, 4.69) is 13.8 Å². The number of hydrogen-bond donors (Lipinski definition) is 2. The van der Waals surface area contributed by atoms with Gasteiger partial charge in [-0.3, -0.25) is 0 Å². The predicted octanol–water partition coefficient (Wildman–Crippen LogP) is 1.91. The molecule has 0 aromatic rings. The standard InChI is InChI=1S/C11H23NO/c1-3-10-4-5-11(8-10,6-7-13)9(2)12/h9-10,13H,3-8,12H2,1-2H3. The van der Waals surface area contributed by atoms with E-state index in [1.165, 1.54) is 25.7 Å². The summed E-state index contributed by atoms with van der Waals surface area (Å²) in [6.07, 6.45) is 5.89. The molecule has 0 aliphatic heterocycles. The van der Waals surface area contributed by atoms with Crippen molar-refractivity contribution >= 4 is 0 Å². The molecule has 3 N–H and O–H groups in total. The average molecular weight is 185 g/mol. The summed E-state index contributed by atoms with van der Waals surface area (Å²) in [5, 5.41) is 9.04. The second-order valence-electron chi connectivity index (χ2n) is 4.64. The van der Waals surface area contributed by atoms with Crippen LogP contribution in [0.1, 0.15) is 46.0 Å². The lowest BCUT2D eigenvalue weighted by Crippen LogP contribution is -2.38. The zero-order valence-corrected chi connectivity index (χ0v) is 8.92. The molecule has 2 heteroatoms. The first-order valence-electron chi connectivity index (χ1n) is 5.51.